The van der Waals surface area contributed by atoms with E-state index in [1.54, 1.807) is 6.07 Å². The van der Waals surface area contributed by atoms with Crippen molar-refractivity contribution in [2.75, 3.05) is 0 Å². The van der Waals surface area contributed by atoms with E-state index < -0.39 is 5.97 Å². The van der Waals surface area contributed by atoms with Crippen LogP contribution in [-0.2, 0) is 0 Å². The fourth-order valence-corrected chi connectivity index (χ4v) is 1.11. The molecule has 0 spiro atoms. The molecule has 0 aliphatic rings. The highest BCUT2D eigenvalue weighted by atomic mass is 35.5. The minimum Gasteiger partial charge on any atom is -0.478 e. The van der Waals surface area contributed by atoms with E-state index in [1.807, 2.05) is 0 Å². The van der Waals surface area contributed by atoms with Gasteiger partial charge in [0.25, 0.3) is 0 Å². The summed E-state index contributed by atoms with van der Waals surface area (Å²) in [4.78, 5) is 14.0. The quantitative estimate of drug-likeness (QED) is 0.729. The van der Waals surface area contributed by atoms with Crippen molar-refractivity contribution in [1.29, 1.82) is 5.26 Å². The Hall–Kier alpha value is -1.31. The van der Waals surface area contributed by atoms with Crippen LogP contribution in [0.15, 0.2) is 6.07 Å². The van der Waals surface area contributed by atoms with Gasteiger partial charge in [0.1, 0.15) is 11.2 Å². The molecule has 13 heavy (non-hydrogen) atoms. The van der Waals surface area contributed by atoms with E-state index in [4.69, 9.17) is 33.6 Å². The van der Waals surface area contributed by atoms with Crippen LogP contribution in [0.1, 0.15) is 16.1 Å². The van der Waals surface area contributed by atoms with Crippen LogP contribution < -0.4 is 0 Å². The number of pyridine rings is 1. The van der Waals surface area contributed by atoms with E-state index in [0.717, 1.165) is 6.07 Å². The molecule has 0 saturated heterocycles. The number of halogens is 2. The van der Waals surface area contributed by atoms with Crippen LogP contribution in [0.25, 0.3) is 0 Å². The number of rotatable bonds is 1. The zero-order valence-corrected chi connectivity index (χ0v) is 7.60. The monoisotopic (exact) mass is 216 g/mol. The molecule has 0 radical (unpaired) electrons. The average molecular weight is 217 g/mol. The van der Waals surface area contributed by atoms with Crippen molar-refractivity contribution < 1.29 is 9.90 Å². The Bertz CT molecular complexity index is 412. The SMILES string of the molecule is N#Cc1nc(Cl)c(C(=O)O)cc1Cl. The highest BCUT2D eigenvalue weighted by molar-refractivity contribution is 6.35. The van der Waals surface area contributed by atoms with Crippen molar-refractivity contribution in [3.63, 3.8) is 0 Å². The molecule has 1 rings (SSSR count). The molecule has 6 heteroatoms. The first-order chi connectivity index (χ1) is 6.06. The van der Waals surface area contributed by atoms with Crippen LogP contribution in [0.2, 0.25) is 10.2 Å². The smallest absolute Gasteiger partial charge is 0.338 e. The topological polar surface area (TPSA) is 74.0 Å². The lowest BCUT2D eigenvalue weighted by molar-refractivity contribution is 0.0696. The minimum atomic E-state index is -1.23. The molecule has 1 aromatic rings. The first kappa shape index (κ1) is 9.78. The van der Waals surface area contributed by atoms with Gasteiger partial charge < -0.3 is 5.11 Å². The summed E-state index contributed by atoms with van der Waals surface area (Å²) in [6.07, 6.45) is 0. The van der Waals surface area contributed by atoms with Crippen molar-refractivity contribution >= 4 is 29.2 Å². The van der Waals surface area contributed by atoms with Crippen molar-refractivity contribution in [2.24, 2.45) is 0 Å². The molecule has 0 fully saturated rings. The molecule has 1 aromatic heterocycles. The number of aromatic carboxylic acids is 1. The van der Waals surface area contributed by atoms with Crippen LogP contribution in [0.5, 0.6) is 0 Å². The van der Waals surface area contributed by atoms with Crippen LogP contribution in [0.3, 0.4) is 0 Å². The zero-order chi connectivity index (χ0) is 10.0. The maximum Gasteiger partial charge on any atom is 0.338 e. The van der Waals surface area contributed by atoms with Crippen LogP contribution in [-0.4, -0.2) is 16.1 Å². The molecular formula is C7H2Cl2N2O2. The summed E-state index contributed by atoms with van der Waals surface area (Å²) in [5.74, 6) is -1.23. The Morgan fingerprint density at radius 3 is 2.69 bits per heavy atom. The Morgan fingerprint density at radius 2 is 2.23 bits per heavy atom. The number of hydrogen-bond donors (Lipinski definition) is 1. The molecule has 0 saturated carbocycles. The Balaban J connectivity index is 3.39. The third-order valence-electron chi connectivity index (χ3n) is 1.27. The summed E-state index contributed by atoms with van der Waals surface area (Å²) in [5.41, 5.74) is -0.303. The maximum absolute atomic E-state index is 10.5. The van der Waals surface area contributed by atoms with Gasteiger partial charge in [0.2, 0.25) is 0 Å². The predicted octanol–water partition coefficient (Wildman–Crippen LogP) is 1.96. The van der Waals surface area contributed by atoms with Crippen molar-refractivity contribution in [1.82, 2.24) is 4.98 Å². The summed E-state index contributed by atoms with van der Waals surface area (Å²) in [6.45, 7) is 0. The van der Waals surface area contributed by atoms with Crippen molar-refractivity contribution in [3.05, 3.63) is 27.5 Å². The first-order valence-electron chi connectivity index (χ1n) is 3.05. The Labute approximate surface area is 83.3 Å². The molecular weight excluding hydrogens is 215 g/mol. The molecule has 1 heterocycles. The largest absolute Gasteiger partial charge is 0.478 e. The van der Waals surface area contributed by atoms with Gasteiger partial charge in [0, 0.05) is 0 Å². The average Bonchev–Trinajstić information content (AvgIpc) is 2.07. The fourth-order valence-electron chi connectivity index (χ4n) is 0.695. The van der Waals surface area contributed by atoms with E-state index in [0.29, 0.717) is 0 Å². The third-order valence-corrected chi connectivity index (χ3v) is 1.84. The second kappa shape index (κ2) is 3.60. The molecule has 0 aromatic carbocycles. The Kier molecular flexibility index (Phi) is 2.71. The standard InChI is InChI=1S/C7H2Cl2N2O2/c8-4-1-3(7(12)13)6(9)11-5(4)2-10/h1H,(H,12,13). The van der Waals surface area contributed by atoms with Gasteiger partial charge in [-0.3, -0.25) is 0 Å². The lowest BCUT2D eigenvalue weighted by atomic mass is 10.2. The van der Waals surface area contributed by atoms with E-state index in [1.165, 1.54) is 0 Å². The predicted molar refractivity (Wildman–Crippen MR) is 45.9 cm³/mol. The first-order valence-corrected chi connectivity index (χ1v) is 3.81. The molecule has 0 aliphatic carbocycles. The number of carboxylic acid groups (broad SMARTS) is 1. The highest BCUT2D eigenvalue weighted by Crippen LogP contribution is 2.21. The normalized spacial score (nSPS) is 9.31. The zero-order valence-electron chi connectivity index (χ0n) is 6.08. The van der Waals surface area contributed by atoms with Crippen LogP contribution in [0, 0.1) is 11.3 Å². The lowest BCUT2D eigenvalue weighted by Crippen LogP contribution is -2.00. The summed E-state index contributed by atoms with van der Waals surface area (Å²) in [7, 11) is 0. The van der Waals surface area contributed by atoms with Crippen molar-refractivity contribution in [3.8, 4) is 6.07 Å². The van der Waals surface area contributed by atoms with Gasteiger partial charge in [-0.2, -0.15) is 5.26 Å². The van der Waals surface area contributed by atoms with Gasteiger partial charge in [-0.05, 0) is 6.07 Å². The van der Waals surface area contributed by atoms with E-state index in [2.05, 4.69) is 4.98 Å². The maximum atomic E-state index is 10.5. The second-order valence-electron chi connectivity index (χ2n) is 2.07. The van der Waals surface area contributed by atoms with Gasteiger partial charge in [-0.15, -0.1) is 0 Å². The Morgan fingerprint density at radius 1 is 1.62 bits per heavy atom. The van der Waals surface area contributed by atoms with E-state index >= 15 is 0 Å². The van der Waals surface area contributed by atoms with Crippen LogP contribution in [0.4, 0.5) is 0 Å². The number of hydrogen-bond acceptors (Lipinski definition) is 3. The van der Waals surface area contributed by atoms with E-state index in [9.17, 15) is 4.79 Å². The number of carbonyl (C=O) groups is 1. The van der Waals surface area contributed by atoms with Crippen LogP contribution >= 0.6 is 23.2 Å². The van der Waals surface area contributed by atoms with Gasteiger partial charge in [-0.1, -0.05) is 23.2 Å². The molecule has 0 bridgehead atoms. The molecule has 0 aliphatic heterocycles. The highest BCUT2D eigenvalue weighted by Gasteiger charge is 2.13. The lowest BCUT2D eigenvalue weighted by Gasteiger charge is -1.99. The summed E-state index contributed by atoms with van der Waals surface area (Å²) < 4.78 is 0. The molecule has 0 amide bonds. The number of carboxylic acids is 1. The molecule has 66 valence electrons. The molecule has 4 nitrogen and oxygen atoms in total. The number of aromatic nitrogens is 1. The van der Waals surface area contributed by atoms with E-state index in [-0.39, 0.29) is 21.4 Å². The third kappa shape index (κ3) is 1.89. The van der Waals surface area contributed by atoms with Gasteiger partial charge in [-0.25, -0.2) is 9.78 Å². The number of nitrogens with zero attached hydrogens (tertiary/aromatic N) is 2. The molecule has 0 atom stereocenters. The minimum absolute atomic E-state index is 0.0238. The van der Waals surface area contributed by atoms with Crippen molar-refractivity contribution in [2.45, 2.75) is 0 Å². The van der Waals surface area contributed by atoms with Gasteiger partial charge >= 0.3 is 5.97 Å². The summed E-state index contributed by atoms with van der Waals surface area (Å²) in [5, 5.41) is 16.8. The summed E-state index contributed by atoms with van der Waals surface area (Å²) in [6, 6.07) is 2.78. The number of nitriles is 1. The fraction of sp³-hybridized carbons (Fsp3) is 0. The second-order valence-corrected chi connectivity index (χ2v) is 2.84. The molecule has 1 N–H and O–H groups in total. The van der Waals surface area contributed by atoms with Gasteiger partial charge in [0.05, 0.1) is 10.6 Å². The van der Waals surface area contributed by atoms with Gasteiger partial charge in [0.15, 0.2) is 5.69 Å². The summed E-state index contributed by atoms with van der Waals surface area (Å²) >= 11 is 11.0. The molecule has 0 unspecified atom stereocenters.